The van der Waals surface area contributed by atoms with E-state index in [-0.39, 0.29) is 0 Å². The van der Waals surface area contributed by atoms with Crippen LogP contribution in [0.5, 0.6) is 0 Å². The summed E-state index contributed by atoms with van der Waals surface area (Å²) >= 11 is 0. The lowest BCUT2D eigenvalue weighted by Crippen LogP contribution is -1.78. The normalized spacial score (nSPS) is 10.5. The van der Waals surface area contributed by atoms with Gasteiger partial charge in [0.1, 0.15) is 0 Å². The second kappa shape index (κ2) is 11.2. The molecule has 0 saturated heterocycles. The van der Waals surface area contributed by atoms with Crippen molar-refractivity contribution in [3.05, 3.63) is 24.8 Å². The van der Waals surface area contributed by atoms with Gasteiger partial charge < -0.3 is 0 Å². The van der Waals surface area contributed by atoms with Crippen molar-refractivity contribution in [1.29, 1.82) is 0 Å². The number of allylic oxidation sites excluding steroid dienone is 3. The van der Waals surface area contributed by atoms with Gasteiger partial charge in [-0.2, -0.15) is 0 Å². The van der Waals surface area contributed by atoms with E-state index in [0.29, 0.717) is 0 Å². The average Bonchev–Trinajstić information content (AvgIpc) is 2.16. The fourth-order valence-corrected chi connectivity index (χ4v) is 1.21. The number of hydrogen-bond donors (Lipinski definition) is 0. The Labute approximate surface area is 81.5 Å². The van der Waals surface area contributed by atoms with Crippen molar-refractivity contribution in [3.8, 4) is 0 Å². The lowest BCUT2D eigenvalue weighted by molar-refractivity contribution is 0.564. The standard InChI is InChI=1S/C12H19O/c1-2-3-4-5-6-7-8-9-10-11-12-13/h2,10-11H,1,3-9H2. The summed E-state index contributed by atoms with van der Waals surface area (Å²) in [7, 11) is 0. The predicted octanol–water partition coefficient (Wildman–Crippen LogP) is 3.57. The van der Waals surface area contributed by atoms with Crippen LogP contribution in [0, 0.1) is 0 Å². The monoisotopic (exact) mass is 179 g/mol. The molecule has 0 aliphatic carbocycles. The number of rotatable bonds is 9. The fourth-order valence-electron chi connectivity index (χ4n) is 1.21. The first-order valence-electron chi connectivity index (χ1n) is 5.05. The van der Waals surface area contributed by atoms with E-state index in [4.69, 9.17) is 0 Å². The van der Waals surface area contributed by atoms with Crippen LogP contribution in [0.1, 0.15) is 44.9 Å². The second-order valence-corrected chi connectivity index (χ2v) is 3.15. The molecule has 0 aromatic heterocycles. The van der Waals surface area contributed by atoms with Gasteiger partial charge >= 0.3 is 0 Å². The summed E-state index contributed by atoms with van der Waals surface area (Å²) in [6, 6.07) is 0. The van der Waals surface area contributed by atoms with Gasteiger partial charge in [-0.1, -0.05) is 31.4 Å². The van der Waals surface area contributed by atoms with E-state index in [0.717, 1.165) is 12.8 Å². The first-order chi connectivity index (χ1) is 6.41. The maximum Gasteiger partial charge on any atom is 0.225 e. The van der Waals surface area contributed by atoms with Gasteiger partial charge in [-0.05, 0) is 31.8 Å². The topological polar surface area (TPSA) is 17.1 Å². The number of hydrogen-bond acceptors (Lipinski definition) is 1. The third-order valence-corrected chi connectivity index (χ3v) is 1.96. The van der Waals surface area contributed by atoms with Crippen molar-refractivity contribution in [2.45, 2.75) is 44.9 Å². The van der Waals surface area contributed by atoms with Gasteiger partial charge in [0.05, 0.1) is 0 Å². The van der Waals surface area contributed by atoms with Crippen LogP contribution in [0.2, 0.25) is 0 Å². The van der Waals surface area contributed by atoms with E-state index in [1.54, 1.807) is 6.29 Å². The van der Waals surface area contributed by atoms with Crippen LogP contribution in [0.3, 0.4) is 0 Å². The molecular formula is C12H19O. The molecule has 0 N–H and O–H groups in total. The Kier molecular flexibility index (Phi) is 10.4. The van der Waals surface area contributed by atoms with Crippen molar-refractivity contribution >= 4 is 6.29 Å². The molecule has 0 aliphatic heterocycles. The molecular weight excluding hydrogens is 160 g/mol. The van der Waals surface area contributed by atoms with Gasteiger partial charge in [0.2, 0.25) is 6.29 Å². The summed E-state index contributed by atoms with van der Waals surface area (Å²) in [4.78, 5) is 9.79. The zero-order valence-corrected chi connectivity index (χ0v) is 8.30. The van der Waals surface area contributed by atoms with Gasteiger partial charge in [-0.3, -0.25) is 4.79 Å². The molecule has 0 rings (SSSR count). The molecule has 0 aromatic rings. The van der Waals surface area contributed by atoms with Crippen LogP contribution >= 0.6 is 0 Å². The van der Waals surface area contributed by atoms with Gasteiger partial charge in [0.25, 0.3) is 0 Å². The van der Waals surface area contributed by atoms with Crippen LogP contribution < -0.4 is 0 Å². The van der Waals surface area contributed by atoms with Crippen molar-refractivity contribution in [3.63, 3.8) is 0 Å². The molecule has 73 valence electrons. The van der Waals surface area contributed by atoms with Crippen molar-refractivity contribution in [1.82, 2.24) is 0 Å². The van der Waals surface area contributed by atoms with E-state index in [9.17, 15) is 4.79 Å². The Bertz CT molecular complexity index is 147. The van der Waals surface area contributed by atoms with E-state index in [1.165, 1.54) is 38.2 Å². The second-order valence-electron chi connectivity index (χ2n) is 3.15. The summed E-state index contributed by atoms with van der Waals surface area (Å²) in [5.74, 6) is 0. The highest BCUT2D eigenvalue weighted by molar-refractivity contribution is 5.65. The Morgan fingerprint density at radius 1 is 1.00 bits per heavy atom. The molecule has 1 heteroatoms. The Balaban J connectivity index is 2.95. The van der Waals surface area contributed by atoms with Crippen LogP contribution in [-0.4, -0.2) is 6.29 Å². The predicted molar refractivity (Wildman–Crippen MR) is 57.3 cm³/mol. The Morgan fingerprint density at radius 3 is 2.23 bits per heavy atom. The molecule has 0 amide bonds. The highest BCUT2D eigenvalue weighted by atomic mass is 16.1. The average molecular weight is 179 g/mol. The molecule has 0 bridgehead atoms. The van der Waals surface area contributed by atoms with Gasteiger partial charge in [0.15, 0.2) is 0 Å². The number of unbranched alkanes of at least 4 members (excludes halogenated alkanes) is 6. The molecule has 0 aliphatic rings. The summed E-state index contributed by atoms with van der Waals surface area (Å²) in [5, 5.41) is 0. The highest BCUT2D eigenvalue weighted by Gasteiger charge is 1.87. The molecule has 0 atom stereocenters. The van der Waals surface area contributed by atoms with Crippen LogP contribution in [0.15, 0.2) is 24.8 Å². The first-order valence-corrected chi connectivity index (χ1v) is 5.05. The molecule has 0 heterocycles. The third-order valence-electron chi connectivity index (χ3n) is 1.96. The summed E-state index contributed by atoms with van der Waals surface area (Å²) in [6.07, 6.45) is 15.5. The molecule has 0 saturated carbocycles. The van der Waals surface area contributed by atoms with Gasteiger partial charge in [-0.15, -0.1) is 6.58 Å². The molecule has 0 spiro atoms. The maximum atomic E-state index is 9.79. The van der Waals surface area contributed by atoms with E-state index >= 15 is 0 Å². The smallest absolute Gasteiger partial charge is 0.225 e. The molecule has 0 fully saturated rings. The minimum absolute atomic E-state index is 1.01. The fraction of sp³-hybridized carbons (Fsp3) is 0.583. The van der Waals surface area contributed by atoms with Gasteiger partial charge in [-0.25, -0.2) is 0 Å². The van der Waals surface area contributed by atoms with E-state index in [2.05, 4.69) is 6.58 Å². The molecule has 0 unspecified atom stereocenters. The minimum Gasteiger partial charge on any atom is -0.286 e. The highest BCUT2D eigenvalue weighted by Crippen LogP contribution is 2.07. The van der Waals surface area contributed by atoms with Crippen LogP contribution in [0.25, 0.3) is 0 Å². The molecule has 1 radical (unpaired) electrons. The lowest BCUT2D eigenvalue weighted by atomic mass is 10.1. The van der Waals surface area contributed by atoms with Gasteiger partial charge in [0, 0.05) is 0 Å². The molecule has 13 heavy (non-hydrogen) atoms. The van der Waals surface area contributed by atoms with E-state index < -0.39 is 0 Å². The minimum atomic E-state index is 1.01. The van der Waals surface area contributed by atoms with Crippen LogP contribution in [0.4, 0.5) is 0 Å². The molecule has 0 aromatic carbocycles. The van der Waals surface area contributed by atoms with E-state index in [1.807, 2.05) is 12.2 Å². The van der Waals surface area contributed by atoms with Crippen molar-refractivity contribution < 1.29 is 4.79 Å². The SMILES string of the molecule is C=CCCCCCCCC=C[C]=O. The largest absolute Gasteiger partial charge is 0.286 e. The summed E-state index contributed by atoms with van der Waals surface area (Å²) in [6.45, 7) is 3.68. The zero-order valence-electron chi connectivity index (χ0n) is 8.30. The summed E-state index contributed by atoms with van der Waals surface area (Å²) < 4.78 is 0. The first kappa shape index (κ1) is 12.2. The van der Waals surface area contributed by atoms with Crippen molar-refractivity contribution in [2.75, 3.05) is 0 Å². The Hall–Kier alpha value is -0.850. The lowest BCUT2D eigenvalue weighted by Gasteiger charge is -1.97. The summed E-state index contributed by atoms with van der Waals surface area (Å²) in [5.41, 5.74) is 0. The third kappa shape index (κ3) is 11.1. The Morgan fingerprint density at radius 2 is 1.62 bits per heavy atom. The quantitative estimate of drug-likeness (QED) is 0.300. The van der Waals surface area contributed by atoms with Crippen LogP contribution in [-0.2, 0) is 4.79 Å². The maximum absolute atomic E-state index is 9.79. The molecule has 1 nitrogen and oxygen atoms in total. The number of carbonyl (C=O) groups excluding carboxylic acids is 1. The zero-order chi connectivity index (χ0) is 9.78. The van der Waals surface area contributed by atoms with Crippen molar-refractivity contribution in [2.24, 2.45) is 0 Å².